The molecule has 0 amide bonds. The lowest BCUT2D eigenvalue weighted by Gasteiger charge is -2.13. The van der Waals surface area contributed by atoms with Crippen molar-refractivity contribution in [2.75, 3.05) is 0 Å². The van der Waals surface area contributed by atoms with Crippen molar-refractivity contribution in [3.63, 3.8) is 0 Å². The first-order valence-electron chi connectivity index (χ1n) is 9.90. The summed E-state index contributed by atoms with van der Waals surface area (Å²) in [6.07, 6.45) is 4.19. The molecule has 3 heterocycles. The van der Waals surface area contributed by atoms with Crippen LogP contribution in [0.2, 0.25) is 0 Å². The Morgan fingerprint density at radius 1 is 0.963 bits per heavy atom. The van der Waals surface area contributed by atoms with Crippen LogP contribution < -0.4 is 0 Å². The van der Waals surface area contributed by atoms with Crippen LogP contribution in [0, 0.1) is 0 Å². The van der Waals surface area contributed by atoms with E-state index in [9.17, 15) is 0 Å². The monoisotopic (exact) mass is 358 g/mol. The predicted octanol–water partition coefficient (Wildman–Crippen LogP) is 7.07. The van der Waals surface area contributed by atoms with E-state index in [2.05, 4.69) is 75.1 Å². The van der Waals surface area contributed by atoms with Crippen molar-refractivity contribution in [3.05, 3.63) is 59.9 Å². The van der Waals surface area contributed by atoms with Crippen molar-refractivity contribution in [2.24, 2.45) is 0 Å². The standard InChI is InChI=1S/C24H26N2O/c1-5-16(6-2)17-12-13-25-22(14-17)20-9-7-8-18-19-10-11-21(15(3)4)26-24(19)27-23(18)20/h7-16H,5-6H2,1-4H3. The Morgan fingerprint density at radius 2 is 1.78 bits per heavy atom. The molecule has 3 nitrogen and oxygen atoms in total. The Hall–Kier alpha value is -2.68. The highest BCUT2D eigenvalue weighted by Crippen LogP contribution is 2.36. The van der Waals surface area contributed by atoms with Gasteiger partial charge in [0.1, 0.15) is 5.58 Å². The Bertz CT molecular complexity index is 1090. The van der Waals surface area contributed by atoms with Crippen LogP contribution in [0.3, 0.4) is 0 Å². The molecule has 0 aliphatic rings. The Morgan fingerprint density at radius 3 is 2.52 bits per heavy atom. The molecule has 0 radical (unpaired) electrons. The number of rotatable bonds is 5. The third kappa shape index (κ3) is 3.12. The van der Waals surface area contributed by atoms with Gasteiger partial charge in [-0.3, -0.25) is 4.98 Å². The second-order valence-corrected chi connectivity index (χ2v) is 7.52. The van der Waals surface area contributed by atoms with E-state index in [-0.39, 0.29) is 0 Å². The van der Waals surface area contributed by atoms with Gasteiger partial charge in [0.05, 0.1) is 5.69 Å². The fourth-order valence-corrected chi connectivity index (χ4v) is 3.82. The van der Waals surface area contributed by atoms with Crippen LogP contribution in [0.1, 0.15) is 63.6 Å². The fourth-order valence-electron chi connectivity index (χ4n) is 3.82. The van der Waals surface area contributed by atoms with Gasteiger partial charge in [-0.05, 0) is 60.6 Å². The molecule has 138 valence electrons. The molecule has 0 bridgehead atoms. The summed E-state index contributed by atoms with van der Waals surface area (Å²) in [5, 5.41) is 2.16. The number of hydrogen-bond acceptors (Lipinski definition) is 3. The van der Waals surface area contributed by atoms with Crippen molar-refractivity contribution in [3.8, 4) is 11.3 Å². The van der Waals surface area contributed by atoms with Gasteiger partial charge in [0.2, 0.25) is 5.71 Å². The third-order valence-corrected chi connectivity index (χ3v) is 5.49. The summed E-state index contributed by atoms with van der Waals surface area (Å²) in [6.45, 7) is 8.78. The third-order valence-electron chi connectivity index (χ3n) is 5.49. The highest BCUT2D eigenvalue weighted by molar-refractivity contribution is 6.08. The first-order chi connectivity index (χ1) is 13.1. The summed E-state index contributed by atoms with van der Waals surface area (Å²) in [4.78, 5) is 9.38. The summed E-state index contributed by atoms with van der Waals surface area (Å²) >= 11 is 0. The summed E-state index contributed by atoms with van der Waals surface area (Å²) in [7, 11) is 0. The molecule has 0 aliphatic carbocycles. The molecular formula is C24H26N2O. The smallest absolute Gasteiger partial charge is 0.227 e. The summed E-state index contributed by atoms with van der Waals surface area (Å²) in [5.41, 5.74) is 5.97. The van der Waals surface area contributed by atoms with Crippen molar-refractivity contribution >= 4 is 22.1 Å². The molecule has 0 saturated heterocycles. The van der Waals surface area contributed by atoms with E-state index < -0.39 is 0 Å². The molecule has 0 saturated carbocycles. The minimum absolute atomic E-state index is 0.375. The molecule has 0 spiro atoms. The predicted molar refractivity (Wildman–Crippen MR) is 112 cm³/mol. The van der Waals surface area contributed by atoms with Crippen LogP contribution >= 0.6 is 0 Å². The molecule has 27 heavy (non-hydrogen) atoms. The van der Waals surface area contributed by atoms with E-state index in [1.165, 1.54) is 5.56 Å². The van der Waals surface area contributed by atoms with E-state index in [1.807, 2.05) is 6.20 Å². The number of hydrogen-bond donors (Lipinski definition) is 0. The normalized spacial score (nSPS) is 11.9. The SMILES string of the molecule is CCC(CC)c1ccnc(-c2cccc3c2oc2nc(C(C)C)ccc23)c1. The van der Waals surface area contributed by atoms with Gasteiger partial charge in [0.25, 0.3) is 0 Å². The quantitative estimate of drug-likeness (QED) is 0.383. The van der Waals surface area contributed by atoms with Crippen LogP contribution in [0.4, 0.5) is 0 Å². The van der Waals surface area contributed by atoms with Crippen molar-refractivity contribution in [1.82, 2.24) is 9.97 Å². The molecule has 0 unspecified atom stereocenters. The van der Waals surface area contributed by atoms with E-state index in [0.29, 0.717) is 17.5 Å². The lowest BCUT2D eigenvalue weighted by atomic mass is 9.93. The van der Waals surface area contributed by atoms with Crippen molar-refractivity contribution in [1.29, 1.82) is 0 Å². The first-order valence-corrected chi connectivity index (χ1v) is 9.90. The maximum Gasteiger partial charge on any atom is 0.227 e. The van der Waals surface area contributed by atoms with E-state index in [0.717, 1.165) is 46.1 Å². The van der Waals surface area contributed by atoms with Crippen LogP contribution in [0.15, 0.2) is 53.1 Å². The molecule has 4 rings (SSSR count). The van der Waals surface area contributed by atoms with Gasteiger partial charge < -0.3 is 4.42 Å². The molecule has 0 atom stereocenters. The van der Waals surface area contributed by atoms with Crippen LogP contribution in [-0.2, 0) is 0 Å². The molecule has 3 aromatic heterocycles. The Balaban J connectivity index is 1.90. The maximum absolute atomic E-state index is 6.23. The number of benzene rings is 1. The van der Waals surface area contributed by atoms with Gasteiger partial charge in [0, 0.05) is 28.2 Å². The van der Waals surface area contributed by atoms with Crippen LogP contribution in [0.5, 0.6) is 0 Å². The first kappa shape index (κ1) is 17.7. The zero-order valence-electron chi connectivity index (χ0n) is 16.5. The topological polar surface area (TPSA) is 38.9 Å². The zero-order valence-corrected chi connectivity index (χ0v) is 16.5. The number of pyridine rings is 2. The number of para-hydroxylation sites is 1. The molecular weight excluding hydrogens is 332 g/mol. The average Bonchev–Trinajstić information content (AvgIpc) is 3.07. The van der Waals surface area contributed by atoms with Gasteiger partial charge in [0.15, 0.2) is 0 Å². The second kappa shape index (κ2) is 7.15. The molecule has 0 aliphatic heterocycles. The summed E-state index contributed by atoms with van der Waals surface area (Å²) in [6, 6.07) is 14.8. The molecule has 0 N–H and O–H groups in total. The van der Waals surface area contributed by atoms with Gasteiger partial charge >= 0.3 is 0 Å². The second-order valence-electron chi connectivity index (χ2n) is 7.52. The highest BCUT2D eigenvalue weighted by Gasteiger charge is 2.16. The molecule has 3 heteroatoms. The molecule has 0 fully saturated rings. The molecule has 1 aromatic carbocycles. The Kier molecular flexibility index (Phi) is 4.69. The maximum atomic E-state index is 6.23. The molecule has 4 aromatic rings. The van der Waals surface area contributed by atoms with Crippen LogP contribution in [-0.4, -0.2) is 9.97 Å². The van der Waals surface area contributed by atoms with Gasteiger partial charge in [-0.2, -0.15) is 0 Å². The minimum Gasteiger partial charge on any atom is -0.437 e. The van der Waals surface area contributed by atoms with E-state index in [4.69, 9.17) is 9.40 Å². The van der Waals surface area contributed by atoms with Gasteiger partial charge in [-0.1, -0.05) is 39.8 Å². The highest BCUT2D eigenvalue weighted by atomic mass is 16.3. The number of fused-ring (bicyclic) bond motifs is 3. The largest absolute Gasteiger partial charge is 0.437 e. The lowest BCUT2D eigenvalue weighted by Crippen LogP contribution is -1.96. The van der Waals surface area contributed by atoms with Gasteiger partial charge in [-0.25, -0.2) is 4.98 Å². The fraction of sp³-hybridized carbons (Fsp3) is 0.333. The van der Waals surface area contributed by atoms with Crippen molar-refractivity contribution in [2.45, 2.75) is 52.4 Å². The zero-order chi connectivity index (χ0) is 19.0. The Labute approximate surface area is 160 Å². The summed E-state index contributed by atoms with van der Waals surface area (Å²) < 4.78 is 6.23. The van der Waals surface area contributed by atoms with Crippen LogP contribution in [0.25, 0.3) is 33.3 Å². The van der Waals surface area contributed by atoms with E-state index >= 15 is 0 Å². The minimum atomic E-state index is 0.375. The number of nitrogens with zero attached hydrogens (tertiary/aromatic N) is 2. The van der Waals surface area contributed by atoms with Gasteiger partial charge in [-0.15, -0.1) is 0 Å². The number of aromatic nitrogens is 2. The average molecular weight is 358 g/mol. The lowest BCUT2D eigenvalue weighted by molar-refractivity contribution is 0.641. The number of furan rings is 1. The summed E-state index contributed by atoms with van der Waals surface area (Å²) in [5.74, 6) is 0.942. The van der Waals surface area contributed by atoms with Crippen molar-refractivity contribution < 1.29 is 4.42 Å². The van der Waals surface area contributed by atoms with E-state index in [1.54, 1.807) is 0 Å².